The number of hydrogen-bond acceptors (Lipinski definition) is 5. The Morgan fingerprint density at radius 2 is 2.13 bits per heavy atom. The van der Waals surface area contributed by atoms with Crippen LogP contribution >= 0.6 is 0 Å². The fraction of sp³-hybridized carbons (Fsp3) is 0.588. The fourth-order valence-electron chi connectivity index (χ4n) is 3.47. The first-order chi connectivity index (χ1) is 11.0. The molecule has 0 aromatic carbocycles. The van der Waals surface area contributed by atoms with Crippen molar-refractivity contribution in [2.75, 3.05) is 26.7 Å². The zero-order valence-electron chi connectivity index (χ0n) is 13.9. The lowest BCUT2D eigenvalue weighted by molar-refractivity contribution is 0.0535. The molecule has 2 fully saturated rings. The third-order valence-corrected chi connectivity index (χ3v) is 4.95. The second-order valence-corrected chi connectivity index (χ2v) is 6.93. The van der Waals surface area contributed by atoms with Crippen LogP contribution in [0.3, 0.4) is 0 Å². The fourth-order valence-corrected chi connectivity index (χ4v) is 3.47. The molecule has 6 heteroatoms. The van der Waals surface area contributed by atoms with Crippen LogP contribution in [0.4, 0.5) is 0 Å². The first kappa shape index (κ1) is 14.6. The smallest absolute Gasteiger partial charge is 0.259 e. The Morgan fingerprint density at radius 3 is 2.83 bits per heavy atom. The summed E-state index contributed by atoms with van der Waals surface area (Å²) in [5, 5.41) is 4.79. The number of hydrogen-bond donors (Lipinski definition) is 0. The molecule has 2 aromatic heterocycles. The third-order valence-electron chi connectivity index (χ3n) is 4.95. The van der Waals surface area contributed by atoms with Gasteiger partial charge in [0.05, 0.1) is 16.6 Å². The summed E-state index contributed by atoms with van der Waals surface area (Å²) in [6.45, 7) is 6.53. The maximum Gasteiger partial charge on any atom is 0.259 e. The minimum atomic E-state index is 0.0752. The van der Waals surface area contributed by atoms with E-state index in [-0.39, 0.29) is 11.9 Å². The lowest BCUT2D eigenvalue weighted by Crippen LogP contribution is -2.52. The summed E-state index contributed by atoms with van der Waals surface area (Å²) in [5.74, 6) is 0.549. The average Bonchev–Trinajstić information content (AvgIpc) is 3.30. The first-order valence-electron chi connectivity index (χ1n) is 8.31. The van der Waals surface area contributed by atoms with Crippen molar-refractivity contribution in [3.63, 3.8) is 0 Å². The molecular formula is C17H22N4O2. The number of carbonyl (C=O) groups excluding carboxylic acids is 1. The number of nitrogens with zero attached hydrogens (tertiary/aromatic N) is 4. The van der Waals surface area contributed by atoms with E-state index in [0.717, 1.165) is 49.2 Å². The summed E-state index contributed by atoms with van der Waals surface area (Å²) in [6, 6.07) is 2.17. The average molecular weight is 314 g/mol. The molecule has 3 heterocycles. The molecule has 1 aliphatic heterocycles. The van der Waals surface area contributed by atoms with Crippen LogP contribution in [-0.2, 0) is 0 Å². The van der Waals surface area contributed by atoms with Crippen LogP contribution in [0, 0.1) is 6.92 Å². The quantitative estimate of drug-likeness (QED) is 0.850. The Kier molecular flexibility index (Phi) is 3.37. The molecule has 122 valence electrons. The highest BCUT2D eigenvalue weighted by Gasteiger charge is 2.32. The SMILES string of the molecule is Cc1noc2nc(C3CC3)cc(C(=O)N3CCN(C)C[C@@H]3C)c12. The summed E-state index contributed by atoms with van der Waals surface area (Å²) >= 11 is 0. The molecule has 0 N–H and O–H groups in total. The van der Waals surface area contributed by atoms with Crippen molar-refractivity contribution in [2.45, 2.75) is 38.6 Å². The molecule has 6 nitrogen and oxygen atoms in total. The van der Waals surface area contributed by atoms with Gasteiger partial charge in [0.25, 0.3) is 11.6 Å². The van der Waals surface area contributed by atoms with Crippen molar-refractivity contribution in [3.05, 3.63) is 23.0 Å². The van der Waals surface area contributed by atoms with E-state index in [1.165, 1.54) is 0 Å². The summed E-state index contributed by atoms with van der Waals surface area (Å²) < 4.78 is 5.35. The maximum absolute atomic E-state index is 13.2. The van der Waals surface area contributed by atoms with Gasteiger partial charge in [-0.05, 0) is 39.8 Å². The topological polar surface area (TPSA) is 62.5 Å². The van der Waals surface area contributed by atoms with Gasteiger partial charge in [0.2, 0.25) is 0 Å². The predicted molar refractivity (Wildman–Crippen MR) is 86.5 cm³/mol. The van der Waals surface area contributed by atoms with Gasteiger partial charge >= 0.3 is 0 Å². The molecule has 0 bridgehead atoms. The van der Waals surface area contributed by atoms with Crippen LogP contribution in [0.15, 0.2) is 10.6 Å². The van der Waals surface area contributed by atoms with E-state index >= 15 is 0 Å². The molecule has 2 aliphatic rings. The molecule has 4 rings (SSSR count). The van der Waals surface area contributed by atoms with Crippen LogP contribution in [0.25, 0.3) is 11.1 Å². The van der Waals surface area contributed by atoms with Crippen molar-refractivity contribution in [1.82, 2.24) is 19.9 Å². The van der Waals surface area contributed by atoms with Gasteiger partial charge in [0.15, 0.2) is 0 Å². The van der Waals surface area contributed by atoms with Gasteiger partial charge in [-0.3, -0.25) is 4.79 Å². The number of aryl methyl sites for hydroxylation is 1. The van der Waals surface area contributed by atoms with Gasteiger partial charge in [0.1, 0.15) is 0 Å². The zero-order valence-corrected chi connectivity index (χ0v) is 13.9. The molecule has 0 unspecified atom stereocenters. The lowest BCUT2D eigenvalue weighted by Gasteiger charge is -2.38. The van der Waals surface area contributed by atoms with Crippen molar-refractivity contribution >= 4 is 17.0 Å². The highest BCUT2D eigenvalue weighted by Crippen LogP contribution is 2.40. The monoisotopic (exact) mass is 314 g/mol. The van der Waals surface area contributed by atoms with E-state index in [9.17, 15) is 4.79 Å². The standard InChI is InChI=1S/C17H22N4O2/c1-10-9-20(3)6-7-21(10)17(22)13-8-14(12-4-5-12)18-16-15(13)11(2)19-23-16/h8,10,12H,4-7,9H2,1-3H3/t10-/m0/s1. The molecule has 0 spiro atoms. The number of carbonyl (C=O) groups is 1. The van der Waals surface area contributed by atoms with Gasteiger partial charge in [-0.25, -0.2) is 4.98 Å². The Balaban J connectivity index is 1.77. The minimum absolute atomic E-state index is 0.0752. The van der Waals surface area contributed by atoms with Crippen LogP contribution in [0.1, 0.15) is 47.4 Å². The van der Waals surface area contributed by atoms with Gasteiger partial charge in [0, 0.05) is 37.3 Å². The lowest BCUT2D eigenvalue weighted by atomic mass is 10.0. The number of fused-ring (bicyclic) bond motifs is 1. The summed E-state index contributed by atoms with van der Waals surface area (Å²) in [7, 11) is 2.10. The number of rotatable bonds is 2. The normalized spacial score (nSPS) is 22.7. The highest BCUT2D eigenvalue weighted by molar-refractivity contribution is 6.06. The molecule has 1 saturated carbocycles. The molecule has 1 saturated heterocycles. The second-order valence-electron chi connectivity index (χ2n) is 6.93. The maximum atomic E-state index is 13.2. The van der Waals surface area contributed by atoms with Gasteiger partial charge in [-0.1, -0.05) is 5.16 Å². The predicted octanol–water partition coefficient (Wildman–Crippen LogP) is 2.18. The van der Waals surface area contributed by atoms with Gasteiger partial charge in [-0.15, -0.1) is 0 Å². The van der Waals surface area contributed by atoms with E-state index in [4.69, 9.17) is 4.52 Å². The van der Waals surface area contributed by atoms with Crippen LogP contribution in [0.2, 0.25) is 0 Å². The summed E-state index contributed by atoms with van der Waals surface area (Å²) in [4.78, 5) is 22.0. The number of piperazine rings is 1. The molecule has 1 amide bonds. The van der Waals surface area contributed by atoms with Crippen LogP contribution < -0.4 is 0 Å². The van der Waals surface area contributed by atoms with Gasteiger partial charge in [-0.2, -0.15) is 0 Å². The minimum Gasteiger partial charge on any atom is -0.336 e. The van der Waals surface area contributed by atoms with Crippen molar-refractivity contribution < 1.29 is 9.32 Å². The van der Waals surface area contributed by atoms with E-state index in [2.05, 4.69) is 29.0 Å². The second kappa shape index (κ2) is 5.30. The third kappa shape index (κ3) is 2.51. The molecule has 2 aromatic rings. The molecule has 1 atom stereocenters. The van der Waals surface area contributed by atoms with Crippen LogP contribution in [-0.4, -0.2) is 58.6 Å². The molecule has 23 heavy (non-hydrogen) atoms. The Morgan fingerprint density at radius 1 is 1.35 bits per heavy atom. The Bertz CT molecular complexity index is 765. The molecule has 0 radical (unpaired) electrons. The van der Waals surface area contributed by atoms with E-state index < -0.39 is 0 Å². The number of pyridine rings is 1. The molecular weight excluding hydrogens is 292 g/mol. The van der Waals surface area contributed by atoms with Crippen molar-refractivity contribution in [2.24, 2.45) is 0 Å². The van der Waals surface area contributed by atoms with E-state index in [0.29, 0.717) is 17.2 Å². The number of aromatic nitrogens is 2. The number of amides is 1. The molecule has 1 aliphatic carbocycles. The highest BCUT2D eigenvalue weighted by atomic mass is 16.5. The largest absolute Gasteiger partial charge is 0.336 e. The van der Waals surface area contributed by atoms with E-state index in [1.54, 1.807) is 0 Å². The van der Waals surface area contributed by atoms with Crippen LogP contribution in [0.5, 0.6) is 0 Å². The van der Waals surface area contributed by atoms with E-state index in [1.807, 2.05) is 17.9 Å². The Hall–Kier alpha value is -1.95. The van der Waals surface area contributed by atoms with Crippen molar-refractivity contribution in [3.8, 4) is 0 Å². The number of likely N-dealkylation sites (N-methyl/N-ethyl adjacent to an activating group) is 1. The Labute approximate surface area is 135 Å². The first-order valence-corrected chi connectivity index (χ1v) is 8.31. The summed E-state index contributed by atoms with van der Waals surface area (Å²) in [6.07, 6.45) is 2.29. The van der Waals surface area contributed by atoms with Gasteiger partial charge < -0.3 is 14.3 Å². The summed E-state index contributed by atoms with van der Waals surface area (Å²) in [5.41, 5.74) is 2.91. The van der Waals surface area contributed by atoms with Crippen molar-refractivity contribution in [1.29, 1.82) is 0 Å². The zero-order chi connectivity index (χ0) is 16.1.